The van der Waals surface area contributed by atoms with Crippen LogP contribution >= 0.6 is 15.9 Å². The van der Waals surface area contributed by atoms with E-state index in [0.29, 0.717) is 5.82 Å². The number of nitrogens with one attached hydrogen (secondary N) is 2. The number of hydrogen-bond acceptors (Lipinski definition) is 6. The Morgan fingerprint density at radius 3 is 2.84 bits per heavy atom. The first-order valence-electron chi connectivity index (χ1n) is 5.98. The SMILES string of the molecule is NNc1ncnc(NCCCCn2ccnc2)c1Br. The van der Waals surface area contributed by atoms with Gasteiger partial charge in [-0.15, -0.1) is 0 Å². The van der Waals surface area contributed by atoms with Crippen LogP contribution in [0.2, 0.25) is 0 Å². The minimum atomic E-state index is 0.566. The Hall–Kier alpha value is -1.67. The van der Waals surface area contributed by atoms with Crippen LogP contribution in [-0.2, 0) is 6.54 Å². The number of nitrogens with zero attached hydrogens (tertiary/aromatic N) is 4. The van der Waals surface area contributed by atoms with Gasteiger partial charge in [0, 0.05) is 25.5 Å². The van der Waals surface area contributed by atoms with E-state index in [2.05, 4.69) is 46.2 Å². The van der Waals surface area contributed by atoms with Crippen molar-refractivity contribution in [3.63, 3.8) is 0 Å². The molecular formula is C11H16BrN7. The molecule has 8 heteroatoms. The van der Waals surface area contributed by atoms with Crippen molar-refractivity contribution in [1.82, 2.24) is 19.5 Å². The van der Waals surface area contributed by atoms with E-state index in [9.17, 15) is 0 Å². The second-order valence-corrected chi connectivity index (χ2v) is 4.76. The number of hydrogen-bond donors (Lipinski definition) is 3. The minimum Gasteiger partial charge on any atom is -0.369 e. The zero-order valence-electron chi connectivity index (χ0n) is 10.4. The Labute approximate surface area is 119 Å². The zero-order valence-corrected chi connectivity index (χ0v) is 12.0. The molecule has 2 rings (SSSR count). The second kappa shape index (κ2) is 7.05. The van der Waals surface area contributed by atoms with Crippen molar-refractivity contribution in [1.29, 1.82) is 0 Å². The molecule has 0 aliphatic heterocycles. The smallest absolute Gasteiger partial charge is 0.159 e. The largest absolute Gasteiger partial charge is 0.369 e. The molecule has 19 heavy (non-hydrogen) atoms. The van der Waals surface area contributed by atoms with Crippen molar-refractivity contribution >= 4 is 27.6 Å². The van der Waals surface area contributed by atoms with E-state index in [1.165, 1.54) is 6.33 Å². The molecule has 0 unspecified atom stereocenters. The zero-order chi connectivity index (χ0) is 13.5. The molecule has 0 aliphatic carbocycles. The predicted molar refractivity (Wildman–Crippen MR) is 77.5 cm³/mol. The van der Waals surface area contributed by atoms with E-state index in [0.717, 1.165) is 36.2 Å². The summed E-state index contributed by atoms with van der Waals surface area (Å²) in [6.45, 7) is 1.82. The van der Waals surface area contributed by atoms with Gasteiger partial charge in [-0.2, -0.15) is 0 Å². The quantitative estimate of drug-likeness (QED) is 0.407. The first-order chi connectivity index (χ1) is 9.31. The number of hydrazine groups is 1. The van der Waals surface area contributed by atoms with Crippen molar-refractivity contribution in [2.45, 2.75) is 19.4 Å². The lowest BCUT2D eigenvalue weighted by Gasteiger charge is -2.09. The van der Waals surface area contributed by atoms with Crippen molar-refractivity contribution in [2.75, 3.05) is 17.3 Å². The topological polar surface area (TPSA) is 93.7 Å². The average molecular weight is 326 g/mol. The van der Waals surface area contributed by atoms with Gasteiger partial charge in [0.1, 0.15) is 16.6 Å². The summed E-state index contributed by atoms with van der Waals surface area (Å²) in [4.78, 5) is 12.2. The van der Waals surface area contributed by atoms with Gasteiger partial charge in [0.05, 0.1) is 6.33 Å². The molecule has 0 radical (unpaired) electrons. The fourth-order valence-corrected chi connectivity index (χ4v) is 2.10. The van der Waals surface area contributed by atoms with Gasteiger partial charge in [-0.3, -0.25) is 0 Å². The van der Waals surface area contributed by atoms with Crippen LogP contribution in [0.3, 0.4) is 0 Å². The number of anilines is 2. The molecule has 0 atom stereocenters. The number of aromatic nitrogens is 4. The van der Waals surface area contributed by atoms with Crippen molar-refractivity contribution < 1.29 is 0 Å². The van der Waals surface area contributed by atoms with Gasteiger partial charge in [-0.1, -0.05) is 0 Å². The Bertz CT molecular complexity index is 500. The molecular weight excluding hydrogens is 310 g/mol. The van der Waals surface area contributed by atoms with Gasteiger partial charge in [0.15, 0.2) is 5.82 Å². The Kier molecular flexibility index (Phi) is 5.10. The molecule has 0 spiro atoms. The monoisotopic (exact) mass is 325 g/mol. The van der Waals surface area contributed by atoms with Crippen LogP contribution in [0, 0.1) is 0 Å². The van der Waals surface area contributed by atoms with E-state index in [4.69, 9.17) is 5.84 Å². The second-order valence-electron chi connectivity index (χ2n) is 3.96. The van der Waals surface area contributed by atoms with Gasteiger partial charge >= 0.3 is 0 Å². The molecule has 2 heterocycles. The highest BCUT2D eigenvalue weighted by atomic mass is 79.9. The van der Waals surface area contributed by atoms with E-state index in [1.807, 2.05) is 12.5 Å². The average Bonchev–Trinajstić information content (AvgIpc) is 2.93. The maximum atomic E-state index is 5.34. The summed E-state index contributed by atoms with van der Waals surface area (Å²) in [5.41, 5.74) is 2.51. The van der Waals surface area contributed by atoms with E-state index in [-0.39, 0.29) is 0 Å². The number of imidazole rings is 1. The van der Waals surface area contributed by atoms with Crippen LogP contribution in [-0.4, -0.2) is 26.1 Å². The predicted octanol–water partition coefficient (Wildman–Crippen LogP) is 1.61. The van der Waals surface area contributed by atoms with Crippen molar-refractivity contribution in [3.8, 4) is 0 Å². The van der Waals surface area contributed by atoms with Crippen molar-refractivity contribution in [3.05, 3.63) is 29.5 Å². The normalized spacial score (nSPS) is 10.4. The number of nitrogens with two attached hydrogens (primary N) is 1. The molecule has 4 N–H and O–H groups in total. The summed E-state index contributed by atoms with van der Waals surface area (Å²) >= 11 is 3.40. The molecule has 0 aromatic carbocycles. The lowest BCUT2D eigenvalue weighted by Crippen LogP contribution is -2.12. The third-order valence-electron chi connectivity index (χ3n) is 2.62. The first kappa shape index (κ1) is 13.8. The molecule has 0 fully saturated rings. The molecule has 102 valence electrons. The third-order valence-corrected chi connectivity index (χ3v) is 3.37. The lowest BCUT2D eigenvalue weighted by atomic mass is 10.3. The molecule has 0 amide bonds. The number of rotatable bonds is 7. The molecule has 0 bridgehead atoms. The van der Waals surface area contributed by atoms with Crippen LogP contribution < -0.4 is 16.6 Å². The molecule has 0 saturated carbocycles. The summed E-state index contributed by atoms with van der Waals surface area (Å²) in [7, 11) is 0. The molecule has 0 saturated heterocycles. The van der Waals surface area contributed by atoms with Crippen LogP contribution in [0.4, 0.5) is 11.6 Å². The van der Waals surface area contributed by atoms with E-state index < -0.39 is 0 Å². The maximum absolute atomic E-state index is 5.34. The van der Waals surface area contributed by atoms with Gasteiger partial charge in [-0.25, -0.2) is 20.8 Å². The molecule has 2 aromatic heterocycles. The van der Waals surface area contributed by atoms with Gasteiger partial charge < -0.3 is 15.3 Å². The fourth-order valence-electron chi connectivity index (χ4n) is 1.64. The maximum Gasteiger partial charge on any atom is 0.159 e. The van der Waals surface area contributed by atoms with Crippen LogP contribution in [0.15, 0.2) is 29.5 Å². The lowest BCUT2D eigenvalue weighted by molar-refractivity contribution is 0.620. The van der Waals surface area contributed by atoms with Crippen molar-refractivity contribution in [2.24, 2.45) is 5.84 Å². The Morgan fingerprint density at radius 1 is 1.26 bits per heavy atom. The van der Waals surface area contributed by atoms with Crippen LogP contribution in [0.1, 0.15) is 12.8 Å². The summed E-state index contributed by atoms with van der Waals surface area (Å²) in [5.74, 6) is 6.65. The van der Waals surface area contributed by atoms with E-state index in [1.54, 1.807) is 6.20 Å². The molecule has 0 aliphatic rings. The van der Waals surface area contributed by atoms with Gasteiger partial charge in [-0.05, 0) is 28.8 Å². The third kappa shape index (κ3) is 3.90. The van der Waals surface area contributed by atoms with Crippen LogP contribution in [0.5, 0.6) is 0 Å². The summed E-state index contributed by atoms with van der Waals surface area (Å²) in [5, 5.41) is 3.25. The Balaban J connectivity index is 1.73. The summed E-state index contributed by atoms with van der Waals surface area (Å²) in [6, 6.07) is 0. The number of unbranched alkanes of at least 4 members (excludes halogenated alkanes) is 1. The summed E-state index contributed by atoms with van der Waals surface area (Å²) in [6.07, 6.45) is 9.17. The Morgan fingerprint density at radius 2 is 2.11 bits per heavy atom. The van der Waals surface area contributed by atoms with Gasteiger partial charge in [0.2, 0.25) is 0 Å². The summed E-state index contributed by atoms with van der Waals surface area (Å²) < 4.78 is 2.81. The first-order valence-corrected chi connectivity index (χ1v) is 6.77. The fraction of sp³-hybridized carbons (Fsp3) is 0.364. The van der Waals surface area contributed by atoms with Crippen LogP contribution in [0.25, 0.3) is 0 Å². The number of aryl methyl sites for hydroxylation is 1. The number of halogens is 1. The highest BCUT2D eigenvalue weighted by Gasteiger charge is 2.06. The van der Waals surface area contributed by atoms with Gasteiger partial charge in [0.25, 0.3) is 0 Å². The standard InChI is InChI=1S/C11H16BrN7/c12-9-10(16-7-17-11(9)18-13)15-3-1-2-5-19-6-4-14-8-19/h4,6-8H,1-3,5,13H2,(H2,15,16,17,18). The minimum absolute atomic E-state index is 0.566. The molecule has 2 aromatic rings. The van der Waals surface area contributed by atoms with E-state index >= 15 is 0 Å². The number of nitrogen functional groups attached to an aromatic ring is 1. The highest BCUT2D eigenvalue weighted by Crippen LogP contribution is 2.25. The molecule has 7 nitrogen and oxygen atoms in total. The highest BCUT2D eigenvalue weighted by molar-refractivity contribution is 9.10.